The molecule has 0 bridgehead atoms. The van der Waals surface area contributed by atoms with Crippen LogP contribution < -0.4 is 0 Å². The lowest BCUT2D eigenvalue weighted by Crippen LogP contribution is -1.97. The number of aliphatic hydroxyl groups excluding tert-OH is 1. The Morgan fingerprint density at radius 1 is 1.19 bits per heavy atom. The predicted octanol–water partition coefficient (Wildman–Crippen LogP) is 1.96. The van der Waals surface area contributed by atoms with E-state index in [4.69, 9.17) is 13.9 Å². The number of furan rings is 2. The van der Waals surface area contributed by atoms with Crippen molar-refractivity contribution in [2.75, 3.05) is 0 Å². The molecule has 1 atom stereocenters. The molecule has 0 fully saturated rings. The lowest BCUT2D eigenvalue weighted by atomic mass is 10.2. The minimum Gasteiger partial charge on any atom is -0.475 e. The third-order valence-corrected chi connectivity index (χ3v) is 2.14. The molecule has 5 nitrogen and oxygen atoms in total. The fourth-order valence-corrected chi connectivity index (χ4v) is 1.36. The third-order valence-electron chi connectivity index (χ3n) is 2.14. The Morgan fingerprint density at radius 3 is 2.31 bits per heavy atom. The van der Waals surface area contributed by atoms with Gasteiger partial charge in [-0.1, -0.05) is 0 Å². The Balaban J connectivity index is 2.26. The number of aromatic carboxylic acids is 1. The Labute approximate surface area is 90.9 Å². The first kappa shape index (κ1) is 10.5. The maximum Gasteiger partial charge on any atom is 0.371 e. The average Bonchev–Trinajstić information content (AvgIpc) is 2.84. The molecule has 0 aromatic carbocycles. The fourth-order valence-electron chi connectivity index (χ4n) is 1.36. The van der Waals surface area contributed by atoms with E-state index in [0.717, 1.165) is 0 Å². The summed E-state index contributed by atoms with van der Waals surface area (Å²) in [5.41, 5.74) is 0. The number of rotatable bonds is 3. The topological polar surface area (TPSA) is 83.8 Å². The monoisotopic (exact) mass is 222 g/mol. The lowest BCUT2D eigenvalue weighted by Gasteiger charge is -2.03. The molecule has 0 aliphatic heterocycles. The quantitative estimate of drug-likeness (QED) is 0.829. The van der Waals surface area contributed by atoms with Gasteiger partial charge < -0.3 is 19.0 Å². The summed E-state index contributed by atoms with van der Waals surface area (Å²) in [4.78, 5) is 10.6. The minimum atomic E-state index is -1.17. The molecule has 0 saturated heterocycles. The summed E-state index contributed by atoms with van der Waals surface area (Å²) in [6.45, 7) is 1.75. The molecule has 0 amide bonds. The van der Waals surface area contributed by atoms with Gasteiger partial charge in [0.05, 0.1) is 0 Å². The molecule has 2 rings (SSSR count). The summed E-state index contributed by atoms with van der Waals surface area (Å²) in [7, 11) is 0. The van der Waals surface area contributed by atoms with E-state index in [0.29, 0.717) is 11.5 Å². The van der Waals surface area contributed by atoms with Crippen molar-refractivity contribution in [3.8, 4) is 0 Å². The maximum atomic E-state index is 10.6. The number of hydrogen-bond acceptors (Lipinski definition) is 4. The smallest absolute Gasteiger partial charge is 0.371 e. The highest BCUT2D eigenvalue weighted by Crippen LogP contribution is 2.25. The van der Waals surface area contributed by atoms with Crippen LogP contribution in [0.1, 0.15) is 33.9 Å². The third kappa shape index (κ3) is 1.85. The molecular formula is C11H10O5. The van der Waals surface area contributed by atoms with Crippen LogP contribution in [0.3, 0.4) is 0 Å². The zero-order chi connectivity index (χ0) is 11.7. The van der Waals surface area contributed by atoms with Gasteiger partial charge in [0, 0.05) is 0 Å². The van der Waals surface area contributed by atoms with Crippen molar-refractivity contribution in [1.82, 2.24) is 0 Å². The zero-order valence-corrected chi connectivity index (χ0v) is 8.51. The van der Waals surface area contributed by atoms with Crippen molar-refractivity contribution < 1.29 is 23.8 Å². The van der Waals surface area contributed by atoms with E-state index in [2.05, 4.69) is 0 Å². The van der Waals surface area contributed by atoms with Gasteiger partial charge in [-0.15, -0.1) is 0 Å². The van der Waals surface area contributed by atoms with Crippen molar-refractivity contribution >= 4 is 5.97 Å². The number of aliphatic hydroxyl groups is 1. The number of hydrogen-bond donors (Lipinski definition) is 2. The van der Waals surface area contributed by atoms with Gasteiger partial charge in [-0.2, -0.15) is 0 Å². The van der Waals surface area contributed by atoms with E-state index < -0.39 is 12.1 Å². The van der Waals surface area contributed by atoms with Gasteiger partial charge in [-0.25, -0.2) is 4.79 Å². The predicted molar refractivity (Wildman–Crippen MR) is 53.2 cm³/mol. The SMILES string of the molecule is Cc1ccc(C(O)c2ccc(C(=O)O)o2)o1. The summed E-state index contributed by atoms with van der Waals surface area (Å²) >= 11 is 0. The van der Waals surface area contributed by atoms with Gasteiger partial charge in [0.15, 0.2) is 6.10 Å². The molecule has 16 heavy (non-hydrogen) atoms. The summed E-state index contributed by atoms with van der Waals surface area (Å²) in [6.07, 6.45) is -1.08. The molecule has 2 aromatic heterocycles. The van der Waals surface area contributed by atoms with Gasteiger partial charge >= 0.3 is 5.97 Å². The van der Waals surface area contributed by atoms with Crippen LogP contribution >= 0.6 is 0 Å². The van der Waals surface area contributed by atoms with Crippen molar-refractivity contribution in [3.05, 3.63) is 47.3 Å². The van der Waals surface area contributed by atoms with E-state index in [1.807, 2.05) is 0 Å². The van der Waals surface area contributed by atoms with Crippen LogP contribution in [-0.2, 0) is 0 Å². The number of carbonyl (C=O) groups is 1. The Morgan fingerprint density at radius 2 is 1.81 bits per heavy atom. The molecule has 0 saturated carbocycles. The van der Waals surface area contributed by atoms with E-state index in [-0.39, 0.29) is 11.5 Å². The van der Waals surface area contributed by atoms with Crippen LogP contribution in [0.2, 0.25) is 0 Å². The van der Waals surface area contributed by atoms with Crippen LogP contribution in [-0.4, -0.2) is 16.2 Å². The molecule has 2 heterocycles. The Bertz CT molecular complexity index is 508. The molecular weight excluding hydrogens is 212 g/mol. The second-order valence-corrected chi connectivity index (χ2v) is 3.36. The van der Waals surface area contributed by atoms with Gasteiger partial charge in [-0.3, -0.25) is 0 Å². The van der Waals surface area contributed by atoms with Crippen LogP contribution in [0.5, 0.6) is 0 Å². The Kier molecular flexibility index (Phi) is 2.54. The van der Waals surface area contributed by atoms with Crippen LogP contribution in [0, 0.1) is 6.92 Å². The van der Waals surface area contributed by atoms with Crippen molar-refractivity contribution in [2.45, 2.75) is 13.0 Å². The molecule has 2 N–H and O–H groups in total. The number of aryl methyl sites for hydroxylation is 1. The van der Waals surface area contributed by atoms with Gasteiger partial charge in [0.1, 0.15) is 17.3 Å². The van der Waals surface area contributed by atoms with Crippen LogP contribution in [0.4, 0.5) is 0 Å². The molecule has 0 spiro atoms. The first-order valence-corrected chi connectivity index (χ1v) is 4.65. The molecule has 0 aliphatic carbocycles. The van der Waals surface area contributed by atoms with E-state index >= 15 is 0 Å². The zero-order valence-electron chi connectivity index (χ0n) is 8.51. The molecule has 84 valence electrons. The highest BCUT2D eigenvalue weighted by atomic mass is 16.4. The van der Waals surface area contributed by atoms with Gasteiger partial charge in [0.25, 0.3) is 0 Å². The summed E-state index contributed by atoms with van der Waals surface area (Å²) in [6, 6.07) is 6.02. The summed E-state index contributed by atoms with van der Waals surface area (Å²) in [5, 5.41) is 18.5. The summed E-state index contributed by atoms with van der Waals surface area (Å²) < 4.78 is 10.2. The van der Waals surface area contributed by atoms with E-state index in [1.54, 1.807) is 19.1 Å². The highest BCUT2D eigenvalue weighted by molar-refractivity contribution is 5.84. The van der Waals surface area contributed by atoms with Gasteiger partial charge in [-0.05, 0) is 31.2 Å². The average molecular weight is 222 g/mol. The number of carboxylic acids is 1. The minimum absolute atomic E-state index is 0.145. The molecule has 2 aromatic rings. The molecule has 1 unspecified atom stereocenters. The largest absolute Gasteiger partial charge is 0.475 e. The van der Waals surface area contributed by atoms with Gasteiger partial charge in [0.2, 0.25) is 5.76 Å². The van der Waals surface area contributed by atoms with E-state index in [9.17, 15) is 9.90 Å². The van der Waals surface area contributed by atoms with Crippen molar-refractivity contribution in [1.29, 1.82) is 0 Å². The van der Waals surface area contributed by atoms with Crippen molar-refractivity contribution in [2.24, 2.45) is 0 Å². The second kappa shape index (κ2) is 3.86. The highest BCUT2D eigenvalue weighted by Gasteiger charge is 2.19. The van der Waals surface area contributed by atoms with Crippen LogP contribution in [0.25, 0.3) is 0 Å². The molecule has 0 aliphatic rings. The standard InChI is InChI=1S/C11H10O5/c1-6-2-3-7(15-6)10(12)8-4-5-9(16-8)11(13)14/h2-5,10,12H,1H3,(H,13,14). The summed E-state index contributed by atoms with van der Waals surface area (Å²) in [5.74, 6) is -0.249. The lowest BCUT2D eigenvalue weighted by molar-refractivity contribution is 0.0653. The molecule has 0 radical (unpaired) electrons. The number of carboxylic acid groups (broad SMARTS) is 1. The normalized spacial score (nSPS) is 12.6. The fraction of sp³-hybridized carbons (Fsp3) is 0.182. The first-order chi connectivity index (χ1) is 7.58. The second-order valence-electron chi connectivity index (χ2n) is 3.36. The maximum absolute atomic E-state index is 10.6. The van der Waals surface area contributed by atoms with Crippen molar-refractivity contribution in [3.63, 3.8) is 0 Å². The van der Waals surface area contributed by atoms with E-state index in [1.165, 1.54) is 12.1 Å². The van der Waals surface area contributed by atoms with Crippen LogP contribution in [0.15, 0.2) is 33.1 Å². The first-order valence-electron chi connectivity index (χ1n) is 4.65. The Hall–Kier alpha value is -2.01. The molecule has 5 heteroatoms.